The van der Waals surface area contributed by atoms with E-state index in [0.717, 1.165) is 36.5 Å². The predicted octanol–water partition coefficient (Wildman–Crippen LogP) is 4.34. The lowest BCUT2D eigenvalue weighted by atomic mass is 9.98. The van der Waals surface area contributed by atoms with Crippen LogP contribution in [0, 0.1) is 5.92 Å². The summed E-state index contributed by atoms with van der Waals surface area (Å²) in [6.07, 6.45) is 2.92. The van der Waals surface area contributed by atoms with Crippen LogP contribution in [-0.2, 0) is 22.4 Å². The number of amides is 2. The van der Waals surface area contributed by atoms with E-state index in [9.17, 15) is 9.59 Å². The van der Waals surface area contributed by atoms with E-state index in [1.165, 1.54) is 10.3 Å². The van der Waals surface area contributed by atoms with E-state index in [1.54, 1.807) is 11.3 Å². The summed E-state index contributed by atoms with van der Waals surface area (Å²) in [5.41, 5.74) is 2.85. The average Bonchev–Trinajstić information content (AvgIpc) is 3.24. The molecule has 0 spiro atoms. The molecule has 2 unspecified atom stereocenters. The van der Waals surface area contributed by atoms with Crippen molar-refractivity contribution in [1.29, 1.82) is 0 Å². The van der Waals surface area contributed by atoms with Crippen LogP contribution >= 0.6 is 11.3 Å². The van der Waals surface area contributed by atoms with Gasteiger partial charge in [-0.3, -0.25) is 14.5 Å². The Morgan fingerprint density at radius 2 is 1.91 bits per heavy atom. The maximum Gasteiger partial charge on any atom is 0.247 e. The number of fused-ring (bicyclic) bond motifs is 1. The lowest BCUT2D eigenvalue weighted by Crippen LogP contribution is -2.47. The van der Waals surface area contributed by atoms with E-state index < -0.39 is 0 Å². The van der Waals surface area contributed by atoms with Gasteiger partial charge in [0.2, 0.25) is 11.8 Å². The van der Waals surface area contributed by atoms with Crippen molar-refractivity contribution in [3.8, 4) is 0 Å². The summed E-state index contributed by atoms with van der Waals surface area (Å²) in [5.74, 6) is 0.0932. The molecule has 2 aromatic rings. The van der Waals surface area contributed by atoms with Crippen LogP contribution in [-0.4, -0.2) is 53.9 Å². The van der Waals surface area contributed by atoms with E-state index in [0.29, 0.717) is 31.5 Å². The number of nitrogens with zero attached hydrogens (tertiary/aromatic N) is 2. The van der Waals surface area contributed by atoms with Gasteiger partial charge in [-0.2, -0.15) is 0 Å². The summed E-state index contributed by atoms with van der Waals surface area (Å²) in [7, 11) is 0. The monoisotopic (exact) mass is 472 g/mol. The van der Waals surface area contributed by atoms with E-state index in [1.807, 2.05) is 0 Å². The summed E-state index contributed by atoms with van der Waals surface area (Å²) in [4.78, 5) is 32.0. The third-order valence-corrected chi connectivity index (χ3v) is 7.34. The predicted molar refractivity (Wildman–Crippen MR) is 139 cm³/mol. The second-order valence-electron chi connectivity index (χ2n) is 8.60. The molecular weight excluding hydrogens is 432 g/mol. The van der Waals surface area contributed by atoms with Gasteiger partial charge in [0.1, 0.15) is 0 Å². The number of thiazole rings is 1. The molecule has 2 N–H and O–H groups in total. The van der Waals surface area contributed by atoms with Crippen molar-refractivity contribution in [3.63, 3.8) is 0 Å². The summed E-state index contributed by atoms with van der Waals surface area (Å²) in [6, 6.07) is 6.24. The van der Waals surface area contributed by atoms with Gasteiger partial charge in [0.25, 0.3) is 0 Å². The number of likely N-dealkylation sites (N-methyl/N-ethyl adjacent to an activating group) is 1. The Bertz CT molecular complexity index is 936. The Balaban J connectivity index is 1.89. The molecule has 2 rings (SSSR count). The molecule has 0 aliphatic heterocycles. The number of rotatable bonds is 14. The van der Waals surface area contributed by atoms with Gasteiger partial charge in [0.15, 0.2) is 0 Å². The molecular formula is C26H40N4O2S. The van der Waals surface area contributed by atoms with Crippen LogP contribution in [0.5, 0.6) is 0 Å². The SMILES string of the molecule is C=C(CN(CC)CC)C(=O)NCC(NC(=O)CCc1nc2ccc(CC)cc2s1)C(C)CC. The van der Waals surface area contributed by atoms with Gasteiger partial charge in [-0.05, 0) is 43.1 Å². The van der Waals surface area contributed by atoms with Crippen molar-refractivity contribution < 1.29 is 9.59 Å². The number of hydrogen-bond donors (Lipinski definition) is 2. The first-order valence-electron chi connectivity index (χ1n) is 12.2. The van der Waals surface area contributed by atoms with Crippen molar-refractivity contribution >= 4 is 33.4 Å². The number of aromatic nitrogens is 1. The lowest BCUT2D eigenvalue weighted by Gasteiger charge is -2.25. The summed E-state index contributed by atoms with van der Waals surface area (Å²) in [5, 5.41) is 7.08. The molecule has 0 saturated carbocycles. The standard InChI is InChI=1S/C26H40N4O2S/c1-7-18(5)22(16-27-26(32)19(6)17-30(9-3)10-4)28-24(31)13-14-25-29-21-12-11-20(8-2)15-23(21)33-25/h11-12,15,18,22H,6-10,13-14,16-17H2,1-5H3,(H,27,32)(H,28,31). The average molecular weight is 473 g/mol. The van der Waals surface area contributed by atoms with Crippen LogP contribution in [0.15, 0.2) is 30.4 Å². The highest BCUT2D eigenvalue weighted by Crippen LogP contribution is 2.24. The third kappa shape index (κ3) is 8.23. The highest BCUT2D eigenvalue weighted by Gasteiger charge is 2.20. The van der Waals surface area contributed by atoms with Crippen LogP contribution in [0.25, 0.3) is 10.2 Å². The Kier molecular flexibility index (Phi) is 11.0. The molecule has 2 amide bonds. The fourth-order valence-corrected chi connectivity index (χ4v) is 4.67. The van der Waals surface area contributed by atoms with Crippen molar-refractivity contribution in [1.82, 2.24) is 20.5 Å². The topological polar surface area (TPSA) is 74.3 Å². The quantitative estimate of drug-likeness (QED) is 0.401. The van der Waals surface area contributed by atoms with Gasteiger partial charge in [0.05, 0.1) is 15.2 Å². The van der Waals surface area contributed by atoms with Gasteiger partial charge in [-0.25, -0.2) is 4.98 Å². The second kappa shape index (κ2) is 13.5. The molecule has 0 fully saturated rings. The van der Waals surface area contributed by atoms with Gasteiger partial charge < -0.3 is 10.6 Å². The van der Waals surface area contributed by atoms with Gasteiger partial charge >= 0.3 is 0 Å². The third-order valence-electron chi connectivity index (χ3n) is 6.26. The lowest BCUT2D eigenvalue weighted by molar-refractivity contribution is -0.123. The maximum absolute atomic E-state index is 12.7. The van der Waals surface area contributed by atoms with E-state index in [2.05, 4.69) is 79.9 Å². The van der Waals surface area contributed by atoms with Crippen LogP contribution in [0.2, 0.25) is 0 Å². The first kappa shape index (κ1) is 27.0. The molecule has 0 saturated heterocycles. The van der Waals surface area contributed by atoms with Crippen LogP contribution in [0.1, 0.15) is 58.0 Å². The minimum atomic E-state index is -0.148. The molecule has 0 bridgehead atoms. The molecule has 0 aliphatic carbocycles. The molecule has 0 radical (unpaired) electrons. The fraction of sp³-hybridized carbons (Fsp3) is 0.577. The molecule has 2 atom stereocenters. The molecule has 1 heterocycles. The molecule has 1 aromatic heterocycles. The second-order valence-corrected chi connectivity index (χ2v) is 9.71. The zero-order valence-corrected chi connectivity index (χ0v) is 21.7. The Morgan fingerprint density at radius 1 is 1.18 bits per heavy atom. The van der Waals surface area contributed by atoms with E-state index >= 15 is 0 Å². The molecule has 7 heteroatoms. The van der Waals surface area contributed by atoms with Crippen molar-refractivity contribution in [3.05, 3.63) is 40.9 Å². The van der Waals surface area contributed by atoms with Crippen molar-refractivity contribution in [2.24, 2.45) is 5.92 Å². The molecule has 1 aromatic carbocycles. The summed E-state index contributed by atoms with van der Waals surface area (Å²) in [6.45, 7) is 17.1. The minimum Gasteiger partial charge on any atom is -0.351 e. The van der Waals surface area contributed by atoms with Crippen molar-refractivity contribution in [2.75, 3.05) is 26.2 Å². The number of carbonyl (C=O) groups excluding carboxylic acids is 2. The fourth-order valence-electron chi connectivity index (χ4n) is 3.64. The zero-order chi connectivity index (χ0) is 24.4. The molecule has 182 valence electrons. The highest BCUT2D eigenvalue weighted by molar-refractivity contribution is 7.18. The minimum absolute atomic E-state index is 0.00924. The molecule has 6 nitrogen and oxygen atoms in total. The van der Waals surface area contributed by atoms with E-state index in [-0.39, 0.29) is 23.8 Å². The Morgan fingerprint density at radius 3 is 2.55 bits per heavy atom. The largest absolute Gasteiger partial charge is 0.351 e. The molecule has 0 aliphatic rings. The number of carbonyl (C=O) groups is 2. The highest BCUT2D eigenvalue weighted by atomic mass is 32.1. The maximum atomic E-state index is 12.7. The number of nitrogens with one attached hydrogen (secondary N) is 2. The Labute approximate surface area is 202 Å². The normalized spacial score (nSPS) is 13.2. The number of benzene rings is 1. The first-order chi connectivity index (χ1) is 15.8. The zero-order valence-electron chi connectivity index (χ0n) is 20.9. The van der Waals surface area contributed by atoms with Gasteiger partial charge in [0, 0.05) is 37.5 Å². The summed E-state index contributed by atoms with van der Waals surface area (Å²) >= 11 is 1.66. The number of hydrogen-bond acceptors (Lipinski definition) is 5. The Hall–Kier alpha value is -2.25. The summed E-state index contributed by atoms with van der Waals surface area (Å²) < 4.78 is 1.18. The van der Waals surface area contributed by atoms with Crippen LogP contribution in [0.4, 0.5) is 0 Å². The van der Waals surface area contributed by atoms with Crippen LogP contribution < -0.4 is 10.6 Å². The van der Waals surface area contributed by atoms with Crippen LogP contribution in [0.3, 0.4) is 0 Å². The van der Waals surface area contributed by atoms with E-state index in [4.69, 9.17) is 0 Å². The van der Waals surface area contributed by atoms with Gasteiger partial charge in [-0.1, -0.05) is 53.7 Å². The smallest absolute Gasteiger partial charge is 0.247 e. The number of aryl methyl sites for hydroxylation is 2. The first-order valence-corrected chi connectivity index (χ1v) is 13.0. The van der Waals surface area contributed by atoms with Gasteiger partial charge in [-0.15, -0.1) is 11.3 Å². The van der Waals surface area contributed by atoms with Crippen molar-refractivity contribution in [2.45, 2.75) is 66.3 Å². The molecule has 33 heavy (non-hydrogen) atoms.